The molecule has 94 valence electrons. The number of nitro groups is 1. The molecule has 0 unspecified atom stereocenters. The molecular weight excluding hydrogens is 232 g/mol. The summed E-state index contributed by atoms with van der Waals surface area (Å²) in [6.45, 7) is 1.03. The topological polar surface area (TPSA) is 73.0 Å². The van der Waals surface area contributed by atoms with Crippen molar-refractivity contribution in [2.75, 3.05) is 0 Å². The Balaban J connectivity index is 1.99. The summed E-state index contributed by atoms with van der Waals surface area (Å²) in [7, 11) is 1.91. The van der Waals surface area contributed by atoms with Crippen LogP contribution in [-0.2, 0) is 20.1 Å². The molecule has 0 saturated carbocycles. The zero-order chi connectivity index (χ0) is 13.0. The summed E-state index contributed by atoms with van der Waals surface area (Å²) in [5.41, 5.74) is 0.821. The van der Waals surface area contributed by atoms with E-state index in [0.29, 0.717) is 18.7 Å². The summed E-state index contributed by atoms with van der Waals surface area (Å²) < 4.78 is 1.91. The minimum Gasteiger partial charge on any atom is -0.337 e. The third-order valence-electron chi connectivity index (χ3n) is 2.71. The fourth-order valence-electron chi connectivity index (χ4n) is 1.71. The van der Waals surface area contributed by atoms with Gasteiger partial charge in [-0.15, -0.1) is 0 Å². The molecule has 18 heavy (non-hydrogen) atoms. The largest absolute Gasteiger partial charge is 0.337 e. The standard InChI is InChI=1S/C12H14N4O2/c1-15-7-6-14-12(15)9-13-8-10-4-2-3-5-11(10)16(17)18/h2-7,13H,8-9H2,1H3. The molecule has 0 radical (unpaired) electrons. The predicted molar refractivity (Wildman–Crippen MR) is 66.8 cm³/mol. The number of rotatable bonds is 5. The van der Waals surface area contributed by atoms with E-state index in [1.165, 1.54) is 6.07 Å². The Morgan fingerprint density at radius 2 is 2.17 bits per heavy atom. The minimum absolute atomic E-state index is 0.143. The van der Waals surface area contributed by atoms with Gasteiger partial charge in [0.25, 0.3) is 5.69 Å². The van der Waals surface area contributed by atoms with Crippen molar-refractivity contribution in [2.24, 2.45) is 7.05 Å². The summed E-state index contributed by atoms with van der Waals surface area (Å²) in [6.07, 6.45) is 3.59. The molecule has 0 spiro atoms. The zero-order valence-electron chi connectivity index (χ0n) is 10.0. The number of benzene rings is 1. The Morgan fingerprint density at radius 1 is 1.39 bits per heavy atom. The van der Waals surface area contributed by atoms with E-state index in [-0.39, 0.29) is 10.6 Å². The number of hydrogen-bond donors (Lipinski definition) is 1. The van der Waals surface area contributed by atoms with Crippen LogP contribution in [0.1, 0.15) is 11.4 Å². The maximum Gasteiger partial charge on any atom is 0.273 e. The first-order chi connectivity index (χ1) is 8.68. The Labute approximate surface area is 104 Å². The van der Waals surface area contributed by atoms with E-state index in [1.54, 1.807) is 24.4 Å². The van der Waals surface area contributed by atoms with Gasteiger partial charge in [0, 0.05) is 37.6 Å². The summed E-state index contributed by atoms with van der Waals surface area (Å²) >= 11 is 0. The molecule has 2 rings (SSSR count). The third-order valence-corrected chi connectivity index (χ3v) is 2.71. The van der Waals surface area contributed by atoms with Crippen molar-refractivity contribution < 1.29 is 4.92 Å². The molecule has 6 heteroatoms. The van der Waals surface area contributed by atoms with Crippen LogP contribution in [0.5, 0.6) is 0 Å². The number of aryl methyl sites for hydroxylation is 1. The van der Waals surface area contributed by atoms with E-state index in [2.05, 4.69) is 10.3 Å². The highest BCUT2D eigenvalue weighted by molar-refractivity contribution is 5.39. The minimum atomic E-state index is -0.363. The smallest absolute Gasteiger partial charge is 0.273 e. The second kappa shape index (κ2) is 5.42. The highest BCUT2D eigenvalue weighted by Gasteiger charge is 2.11. The molecule has 1 heterocycles. The van der Waals surface area contributed by atoms with Crippen molar-refractivity contribution in [1.82, 2.24) is 14.9 Å². The van der Waals surface area contributed by atoms with E-state index >= 15 is 0 Å². The van der Waals surface area contributed by atoms with Gasteiger partial charge in [-0.3, -0.25) is 10.1 Å². The van der Waals surface area contributed by atoms with Crippen molar-refractivity contribution in [2.45, 2.75) is 13.1 Å². The second-order valence-corrected chi connectivity index (χ2v) is 3.94. The van der Waals surface area contributed by atoms with E-state index in [4.69, 9.17) is 0 Å². The van der Waals surface area contributed by atoms with Gasteiger partial charge in [0.2, 0.25) is 0 Å². The van der Waals surface area contributed by atoms with Crippen LogP contribution in [0, 0.1) is 10.1 Å². The first kappa shape index (κ1) is 12.3. The molecule has 0 bridgehead atoms. The molecule has 1 aromatic heterocycles. The van der Waals surface area contributed by atoms with Gasteiger partial charge in [0.1, 0.15) is 5.82 Å². The van der Waals surface area contributed by atoms with Gasteiger partial charge >= 0.3 is 0 Å². The van der Waals surface area contributed by atoms with Crippen LogP contribution < -0.4 is 5.32 Å². The maximum absolute atomic E-state index is 10.8. The van der Waals surface area contributed by atoms with Gasteiger partial charge in [-0.25, -0.2) is 4.98 Å². The number of imidazole rings is 1. The number of nitro benzene ring substituents is 1. The predicted octanol–water partition coefficient (Wildman–Crippen LogP) is 1.62. The average molecular weight is 246 g/mol. The van der Waals surface area contributed by atoms with Crippen LogP contribution in [-0.4, -0.2) is 14.5 Å². The van der Waals surface area contributed by atoms with E-state index in [1.807, 2.05) is 17.8 Å². The second-order valence-electron chi connectivity index (χ2n) is 3.94. The SMILES string of the molecule is Cn1ccnc1CNCc1ccccc1[N+](=O)[O-]. The van der Waals surface area contributed by atoms with Crippen molar-refractivity contribution in [1.29, 1.82) is 0 Å². The lowest BCUT2D eigenvalue weighted by Crippen LogP contribution is -2.16. The normalized spacial score (nSPS) is 10.5. The molecule has 1 aromatic carbocycles. The van der Waals surface area contributed by atoms with Gasteiger partial charge in [0.15, 0.2) is 0 Å². The summed E-state index contributed by atoms with van der Waals surface area (Å²) in [5, 5.41) is 14.0. The molecule has 0 amide bonds. The molecule has 0 aliphatic carbocycles. The zero-order valence-corrected chi connectivity index (χ0v) is 10.0. The van der Waals surface area contributed by atoms with Crippen molar-refractivity contribution >= 4 is 5.69 Å². The number of nitrogens with zero attached hydrogens (tertiary/aromatic N) is 3. The Kier molecular flexibility index (Phi) is 3.69. The highest BCUT2D eigenvalue weighted by atomic mass is 16.6. The molecule has 1 N–H and O–H groups in total. The Morgan fingerprint density at radius 3 is 2.83 bits per heavy atom. The first-order valence-electron chi connectivity index (χ1n) is 5.57. The molecule has 0 aliphatic heterocycles. The summed E-state index contributed by atoms with van der Waals surface area (Å²) in [4.78, 5) is 14.6. The molecule has 6 nitrogen and oxygen atoms in total. The monoisotopic (exact) mass is 246 g/mol. The van der Waals surface area contributed by atoms with E-state index in [0.717, 1.165) is 5.82 Å². The van der Waals surface area contributed by atoms with Gasteiger partial charge in [-0.1, -0.05) is 18.2 Å². The van der Waals surface area contributed by atoms with Crippen LogP contribution in [0.2, 0.25) is 0 Å². The third kappa shape index (κ3) is 2.72. The quantitative estimate of drug-likeness (QED) is 0.642. The van der Waals surface area contributed by atoms with Crippen molar-refractivity contribution in [3.05, 3.63) is 58.2 Å². The molecule has 0 atom stereocenters. The van der Waals surface area contributed by atoms with Crippen molar-refractivity contribution in [3.63, 3.8) is 0 Å². The molecule has 0 fully saturated rings. The van der Waals surface area contributed by atoms with Gasteiger partial charge in [-0.05, 0) is 0 Å². The summed E-state index contributed by atoms with van der Waals surface area (Å²) in [6, 6.07) is 6.73. The number of para-hydroxylation sites is 1. The van der Waals surface area contributed by atoms with Gasteiger partial charge in [0.05, 0.1) is 11.5 Å². The number of aromatic nitrogens is 2. The maximum atomic E-state index is 10.8. The molecular formula is C12H14N4O2. The lowest BCUT2D eigenvalue weighted by Gasteiger charge is -2.05. The van der Waals surface area contributed by atoms with Crippen LogP contribution >= 0.6 is 0 Å². The lowest BCUT2D eigenvalue weighted by atomic mass is 10.2. The van der Waals surface area contributed by atoms with Crippen LogP contribution in [0.4, 0.5) is 5.69 Å². The lowest BCUT2D eigenvalue weighted by molar-refractivity contribution is -0.385. The van der Waals surface area contributed by atoms with Crippen LogP contribution in [0.15, 0.2) is 36.7 Å². The fourth-order valence-corrected chi connectivity index (χ4v) is 1.71. The number of nitrogens with one attached hydrogen (secondary N) is 1. The number of hydrogen-bond acceptors (Lipinski definition) is 4. The highest BCUT2D eigenvalue weighted by Crippen LogP contribution is 2.17. The van der Waals surface area contributed by atoms with E-state index < -0.39 is 0 Å². The Bertz CT molecular complexity index is 551. The van der Waals surface area contributed by atoms with Gasteiger partial charge in [-0.2, -0.15) is 0 Å². The van der Waals surface area contributed by atoms with Crippen LogP contribution in [0.3, 0.4) is 0 Å². The Hall–Kier alpha value is -2.21. The molecule has 2 aromatic rings. The first-order valence-corrected chi connectivity index (χ1v) is 5.57. The van der Waals surface area contributed by atoms with Crippen molar-refractivity contribution in [3.8, 4) is 0 Å². The van der Waals surface area contributed by atoms with Crippen LogP contribution in [0.25, 0.3) is 0 Å². The average Bonchev–Trinajstić information content (AvgIpc) is 2.76. The van der Waals surface area contributed by atoms with Gasteiger partial charge < -0.3 is 9.88 Å². The molecule has 0 aliphatic rings. The molecule has 0 saturated heterocycles. The van der Waals surface area contributed by atoms with E-state index in [9.17, 15) is 10.1 Å². The fraction of sp³-hybridized carbons (Fsp3) is 0.250. The summed E-state index contributed by atoms with van der Waals surface area (Å²) in [5.74, 6) is 0.897.